The van der Waals surface area contributed by atoms with E-state index in [1.165, 1.54) is 5.56 Å². The number of fused-ring (bicyclic) bond motifs is 4. The SMILES string of the molecule is CN1[CH-]N(c2[c-]c(Oc3[c-]c4c(cc3)c3cc(C#N)ccc3n4-c3cc(C(C)(C)C)ccn3)ccc2)c2ccccc21.[Pt]. The van der Waals surface area contributed by atoms with E-state index in [-0.39, 0.29) is 26.5 Å². The van der Waals surface area contributed by atoms with Crippen molar-refractivity contribution >= 4 is 38.9 Å². The molecule has 6 nitrogen and oxygen atoms in total. The molecule has 0 saturated carbocycles. The number of anilines is 3. The van der Waals surface area contributed by atoms with Gasteiger partial charge in [0, 0.05) is 55.7 Å². The second-order valence-corrected chi connectivity index (χ2v) is 11.5. The van der Waals surface area contributed by atoms with Crippen LogP contribution in [0.15, 0.2) is 91.1 Å². The molecular formula is C36H28N5OPt-3. The second-order valence-electron chi connectivity index (χ2n) is 11.5. The number of hydrogen-bond donors (Lipinski definition) is 0. The molecule has 7 heteroatoms. The molecule has 0 saturated heterocycles. The number of para-hydroxylation sites is 2. The molecule has 43 heavy (non-hydrogen) atoms. The van der Waals surface area contributed by atoms with Crippen molar-refractivity contribution in [1.82, 2.24) is 9.55 Å². The Morgan fingerprint density at radius 1 is 0.860 bits per heavy atom. The summed E-state index contributed by atoms with van der Waals surface area (Å²) in [6, 6.07) is 37.2. The monoisotopic (exact) mass is 741 g/mol. The topological polar surface area (TPSA) is 57.3 Å². The first kappa shape index (κ1) is 28.5. The summed E-state index contributed by atoms with van der Waals surface area (Å²) in [5, 5.41) is 11.5. The fourth-order valence-corrected chi connectivity index (χ4v) is 5.51. The van der Waals surface area contributed by atoms with Gasteiger partial charge in [-0.15, -0.1) is 41.4 Å². The minimum atomic E-state index is -0.0364. The van der Waals surface area contributed by atoms with Gasteiger partial charge in [-0.1, -0.05) is 38.4 Å². The van der Waals surface area contributed by atoms with Crippen LogP contribution >= 0.6 is 0 Å². The zero-order valence-corrected chi connectivity index (χ0v) is 26.5. The van der Waals surface area contributed by atoms with Crippen molar-refractivity contribution in [2.45, 2.75) is 26.2 Å². The Morgan fingerprint density at radius 3 is 2.44 bits per heavy atom. The number of pyridine rings is 1. The van der Waals surface area contributed by atoms with Crippen molar-refractivity contribution in [3.05, 3.63) is 121 Å². The summed E-state index contributed by atoms with van der Waals surface area (Å²) in [4.78, 5) is 8.95. The Morgan fingerprint density at radius 2 is 1.65 bits per heavy atom. The Balaban J connectivity index is 0.00000329. The summed E-state index contributed by atoms with van der Waals surface area (Å²) in [6.45, 7) is 8.62. The number of benzene rings is 4. The first-order chi connectivity index (χ1) is 20.3. The van der Waals surface area contributed by atoms with Crippen LogP contribution in [0.2, 0.25) is 0 Å². The van der Waals surface area contributed by atoms with Crippen LogP contribution in [0.4, 0.5) is 17.1 Å². The summed E-state index contributed by atoms with van der Waals surface area (Å²) in [6.07, 6.45) is 1.85. The third kappa shape index (κ3) is 5.05. The van der Waals surface area contributed by atoms with E-state index in [1.807, 2.05) is 80.6 Å². The van der Waals surface area contributed by atoms with E-state index in [4.69, 9.17) is 9.72 Å². The maximum atomic E-state index is 9.59. The van der Waals surface area contributed by atoms with E-state index in [0.717, 1.165) is 44.7 Å². The van der Waals surface area contributed by atoms with Crippen LogP contribution in [0.25, 0.3) is 27.6 Å². The maximum absolute atomic E-state index is 9.59. The molecule has 0 spiro atoms. The number of hydrogen-bond acceptors (Lipinski definition) is 5. The molecular weight excluding hydrogens is 714 g/mol. The van der Waals surface area contributed by atoms with Crippen molar-refractivity contribution in [3.63, 3.8) is 0 Å². The normalized spacial score (nSPS) is 12.7. The summed E-state index contributed by atoms with van der Waals surface area (Å²) in [7, 11) is 2.04. The van der Waals surface area contributed by atoms with E-state index in [0.29, 0.717) is 17.1 Å². The zero-order valence-electron chi connectivity index (χ0n) is 24.2. The summed E-state index contributed by atoms with van der Waals surface area (Å²) in [5.74, 6) is 1.95. The van der Waals surface area contributed by atoms with Gasteiger partial charge in [0.15, 0.2) is 0 Å². The van der Waals surface area contributed by atoms with Crippen LogP contribution in [0.1, 0.15) is 31.9 Å². The minimum Gasteiger partial charge on any atom is -0.509 e. The van der Waals surface area contributed by atoms with Gasteiger partial charge in [-0.2, -0.15) is 24.1 Å². The average molecular weight is 742 g/mol. The molecule has 0 unspecified atom stereocenters. The number of nitrogens with zero attached hydrogens (tertiary/aromatic N) is 5. The number of ether oxygens (including phenoxy) is 1. The Hall–Kier alpha value is -4.59. The number of rotatable bonds is 4. The van der Waals surface area contributed by atoms with Gasteiger partial charge in [0.25, 0.3) is 0 Å². The molecule has 0 amide bonds. The van der Waals surface area contributed by atoms with Gasteiger partial charge in [0.1, 0.15) is 5.82 Å². The molecule has 6 aromatic rings. The van der Waals surface area contributed by atoms with Gasteiger partial charge in [-0.25, -0.2) is 4.98 Å². The molecule has 0 aliphatic carbocycles. The van der Waals surface area contributed by atoms with Crippen molar-refractivity contribution in [2.24, 2.45) is 0 Å². The van der Waals surface area contributed by atoms with E-state index in [9.17, 15) is 5.26 Å². The minimum absolute atomic E-state index is 0. The van der Waals surface area contributed by atoms with Crippen LogP contribution < -0.4 is 14.5 Å². The average Bonchev–Trinajstić information content (AvgIpc) is 3.51. The third-order valence-corrected chi connectivity index (χ3v) is 7.66. The van der Waals surface area contributed by atoms with Gasteiger partial charge < -0.3 is 19.1 Å². The molecule has 4 aromatic carbocycles. The molecule has 0 N–H and O–H groups in total. The van der Waals surface area contributed by atoms with E-state index in [1.54, 1.807) is 0 Å². The van der Waals surface area contributed by atoms with Crippen molar-refractivity contribution in [1.29, 1.82) is 5.26 Å². The molecule has 7 rings (SSSR count). The van der Waals surface area contributed by atoms with Crippen LogP contribution in [-0.4, -0.2) is 16.6 Å². The van der Waals surface area contributed by atoms with Gasteiger partial charge >= 0.3 is 0 Å². The summed E-state index contributed by atoms with van der Waals surface area (Å²) >= 11 is 0. The van der Waals surface area contributed by atoms with Crippen LogP contribution in [-0.2, 0) is 26.5 Å². The molecule has 0 radical (unpaired) electrons. The fourth-order valence-electron chi connectivity index (χ4n) is 5.51. The molecule has 0 fully saturated rings. The standard InChI is InChI=1S/C36H28N5O.Pt/c1-36(2,3)25-16-17-38-35(19-25)41-31-15-12-24(22-37)18-30(31)29-14-13-28(21-34(29)41)42-27-9-7-8-26(20-27)40-23-39(4)32-10-5-6-11-33(32)40;/h5-19,23H,1-4H3;/q-3;. The predicted octanol–water partition coefficient (Wildman–Crippen LogP) is 8.45. The molecule has 0 bridgehead atoms. The largest absolute Gasteiger partial charge is 0.509 e. The van der Waals surface area contributed by atoms with Crippen LogP contribution in [0.5, 0.6) is 11.5 Å². The molecule has 1 aliphatic rings. The van der Waals surface area contributed by atoms with Gasteiger partial charge in [-0.05, 0) is 65.9 Å². The molecule has 0 atom stereocenters. The molecule has 216 valence electrons. The van der Waals surface area contributed by atoms with Crippen LogP contribution in [0.3, 0.4) is 0 Å². The van der Waals surface area contributed by atoms with E-state index >= 15 is 0 Å². The Kier molecular flexibility index (Phi) is 7.24. The molecule has 2 aromatic heterocycles. The van der Waals surface area contributed by atoms with Crippen molar-refractivity contribution in [2.75, 3.05) is 16.8 Å². The maximum Gasteiger partial charge on any atom is 0.135 e. The Bertz CT molecular complexity index is 2030. The van der Waals surface area contributed by atoms with Gasteiger partial charge in [0.05, 0.1) is 11.6 Å². The van der Waals surface area contributed by atoms with Crippen molar-refractivity contribution < 1.29 is 25.8 Å². The number of aromatic nitrogens is 2. The first-order valence-corrected chi connectivity index (χ1v) is 13.8. The second kappa shape index (κ2) is 10.9. The zero-order chi connectivity index (χ0) is 29.0. The Labute approximate surface area is 266 Å². The molecule has 1 aliphatic heterocycles. The predicted molar refractivity (Wildman–Crippen MR) is 167 cm³/mol. The fraction of sp³-hybridized carbons (Fsp3) is 0.139. The van der Waals surface area contributed by atoms with Gasteiger partial charge in [-0.3, -0.25) is 0 Å². The number of nitriles is 1. The van der Waals surface area contributed by atoms with Gasteiger partial charge in [0.2, 0.25) is 0 Å². The summed E-state index contributed by atoms with van der Waals surface area (Å²) in [5.41, 5.74) is 6.64. The third-order valence-electron chi connectivity index (χ3n) is 7.66. The first-order valence-electron chi connectivity index (χ1n) is 13.8. The smallest absolute Gasteiger partial charge is 0.135 e. The quantitative estimate of drug-likeness (QED) is 0.170. The molecule has 3 heterocycles. The van der Waals surface area contributed by atoms with Crippen LogP contribution in [0, 0.1) is 30.1 Å². The summed E-state index contributed by atoms with van der Waals surface area (Å²) < 4.78 is 8.46. The van der Waals surface area contributed by atoms with Crippen molar-refractivity contribution in [3.8, 4) is 23.4 Å². The van der Waals surface area contributed by atoms with E-state index < -0.39 is 0 Å². The van der Waals surface area contributed by atoms with E-state index in [2.05, 4.69) is 77.6 Å².